The molecule has 0 spiro atoms. The van der Waals surface area contributed by atoms with Gasteiger partial charge >= 0.3 is 5.97 Å². The first-order valence-corrected chi connectivity index (χ1v) is 4.05. The first kappa shape index (κ1) is 9.94. The van der Waals surface area contributed by atoms with Crippen molar-refractivity contribution in [3.63, 3.8) is 0 Å². The molecule has 0 aliphatic carbocycles. The summed E-state index contributed by atoms with van der Waals surface area (Å²) in [6.07, 6.45) is 0.575. The van der Waals surface area contributed by atoms with Crippen LogP contribution in [0.15, 0.2) is 0 Å². The molecule has 0 aromatic heterocycles. The molecular weight excluding hydrogens is 174 g/mol. The molecular formula is C7H13N3O3. The molecule has 74 valence electrons. The highest BCUT2D eigenvalue weighted by atomic mass is 16.4. The van der Waals surface area contributed by atoms with Crippen LogP contribution < -0.4 is 11.5 Å². The first-order valence-electron chi connectivity index (χ1n) is 4.05. The number of carbonyl (C=O) groups is 2. The Morgan fingerprint density at radius 2 is 2.38 bits per heavy atom. The van der Waals surface area contributed by atoms with E-state index in [0.29, 0.717) is 13.0 Å². The topological polar surface area (TPSA) is 110 Å². The Hall–Kier alpha value is -1.14. The van der Waals surface area contributed by atoms with Gasteiger partial charge in [-0.15, -0.1) is 0 Å². The highest BCUT2D eigenvalue weighted by Crippen LogP contribution is 2.08. The van der Waals surface area contributed by atoms with Gasteiger partial charge in [-0.25, -0.2) is 0 Å². The van der Waals surface area contributed by atoms with E-state index in [1.165, 1.54) is 4.90 Å². The molecule has 0 radical (unpaired) electrons. The largest absolute Gasteiger partial charge is 0.480 e. The van der Waals surface area contributed by atoms with Crippen molar-refractivity contribution in [3.05, 3.63) is 0 Å². The molecule has 6 nitrogen and oxygen atoms in total. The maximum atomic E-state index is 11.2. The summed E-state index contributed by atoms with van der Waals surface area (Å²) >= 11 is 0. The lowest BCUT2D eigenvalue weighted by molar-refractivity contribution is -0.139. The van der Waals surface area contributed by atoms with Gasteiger partial charge in [0.15, 0.2) is 0 Å². The average molecular weight is 187 g/mol. The number of hydrogen-bond donors (Lipinski definition) is 3. The summed E-state index contributed by atoms with van der Waals surface area (Å²) in [5.74, 6) is -1.31. The molecule has 1 fully saturated rings. The summed E-state index contributed by atoms with van der Waals surface area (Å²) in [5, 5.41) is 8.50. The van der Waals surface area contributed by atoms with E-state index in [4.69, 9.17) is 16.6 Å². The van der Waals surface area contributed by atoms with Gasteiger partial charge in [0.2, 0.25) is 5.91 Å². The van der Waals surface area contributed by atoms with Crippen LogP contribution in [0.3, 0.4) is 0 Å². The van der Waals surface area contributed by atoms with Crippen LogP contribution in [0.2, 0.25) is 0 Å². The Morgan fingerprint density at radius 1 is 1.77 bits per heavy atom. The maximum absolute atomic E-state index is 11.2. The SMILES string of the molecule is NC1CCN(C[C@H](N)C(=O)O)C1=O. The number of rotatable bonds is 3. The second-order valence-electron chi connectivity index (χ2n) is 3.12. The van der Waals surface area contributed by atoms with Crippen molar-refractivity contribution in [2.75, 3.05) is 13.1 Å². The quantitative estimate of drug-likeness (QED) is 0.471. The number of carboxylic acids is 1. The van der Waals surface area contributed by atoms with Gasteiger partial charge < -0.3 is 21.5 Å². The van der Waals surface area contributed by atoms with E-state index in [0.717, 1.165) is 0 Å². The summed E-state index contributed by atoms with van der Waals surface area (Å²) in [6.45, 7) is 0.544. The van der Waals surface area contributed by atoms with Crippen LogP contribution in [-0.4, -0.2) is 47.1 Å². The predicted molar refractivity (Wildman–Crippen MR) is 44.8 cm³/mol. The molecule has 1 aliphatic rings. The third-order valence-corrected chi connectivity index (χ3v) is 2.07. The van der Waals surface area contributed by atoms with Crippen molar-refractivity contribution in [1.29, 1.82) is 0 Å². The smallest absolute Gasteiger partial charge is 0.322 e. The lowest BCUT2D eigenvalue weighted by Crippen LogP contribution is -2.45. The third kappa shape index (κ3) is 2.16. The lowest BCUT2D eigenvalue weighted by atomic mass is 10.3. The van der Waals surface area contributed by atoms with Crippen LogP contribution in [0.5, 0.6) is 0 Å². The van der Waals surface area contributed by atoms with E-state index >= 15 is 0 Å². The molecule has 0 bridgehead atoms. The summed E-state index contributed by atoms with van der Waals surface area (Å²) in [6, 6.07) is -1.50. The fourth-order valence-corrected chi connectivity index (χ4v) is 1.26. The molecule has 0 aromatic rings. The lowest BCUT2D eigenvalue weighted by Gasteiger charge is -2.17. The van der Waals surface area contributed by atoms with E-state index in [1.807, 2.05) is 0 Å². The molecule has 5 N–H and O–H groups in total. The monoisotopic (exact) mass is 187 g/mol. The molecule has 1 rings (SSSR count). The maximum Gasteiger partial charge on any atom is 0.322 e. The fourth-order valence-electron chi connectivity index (χ4n) is 1.26. The van der Waals surface area contributed by atoms with Crippen LogP contribution in [0.4, 0.5) is 0 Å². The number of nitrogens with zero attached hydrogens (tertiary/aromatic N) is 1. The summed E-state index contributed by atoms with van der Waals surface area (Å²) in [7, 11) is 0. The molecule has 1 amide bonds. The van der Waals surface area contributed by atoms with E-state index in [2.05, 4.69) is 0 Å². The number of carboxylic acid groups (broad SMARTS) is 1. The summed E-state index contributed by atoms with van der Waals surface area (Å²) in [4.78, 5) is 23.0. The Labute approximate surface area is 75.5 Å². The van der Waals surface area contributed by atoms with Gasteiger partial charge in [-0.1, -0.05) is 0 Å². The zero-order valence-electron chi connectivity index (χ0n) is 7.14. The predicted octanol–water partition coefficient (Wildman–Crippen LogP) is -2.04. The number of amides is 1. The molecule has 1 heterocycles. The van der Waals surface area contributed by atoms with Crippen molar-refractivity contribution in [3.8, 4) is 0 Å². The molecule has 0 saturated carbocycles. The van der Waals surface area contributed by atoms with Gasteiger partial charge in [0.1, 0.15) is 6.04 Å². The van der Waals surface area contributed by atoms with E-state index in [1.54, 1.807) is 0 Å². The Balaban J connectivity index is 2.47. The van der Waals surface area contributed by atoms with E-state index in [9.17, 15) is 9.59 Å². The second kappa shape index (κ2) is 3.71. The standard InChI is InChI=1S/C7H13N3O3/c8-4-1-2-10(6(4)11)3-5(9)7(12)13/h4-5H,1-3,8-9H2,(H,12,13)/t4?,5-/m0/s1. The number of hydrogen-bond acceptors (Lipinski definition) is 4. The van der Waals surface area contributed by atoms with Crippen molar-refractivity contribution in [2.45, 2.75) is 18.5 Å². The van der Waals surface area contributed by atoms with Crippen molar-refractivity contribution < 1.29 is 14.7 Å². The Bertz CT molecular complexity index is 231. The molecule has 1 saturated heterocycles. The van der Waals surface area contributed by atoms with Gasteiger partial charge in [-0.3, -0.25) is 9.59 Å². The minimum atomic E-state index is -1.10. The average Bonchev–Trinajstić information content (AvgIpc) is 2.36. The van der Waals surface area contributed by atoms with Gasteiger partial charge in [-0.05, 0) is 6.42 Å². The molecule has 6 heteroatoms. The highest BCUT2D eigenvalue weighted by Gasteiger charge is 2.30. The van der Waals surface area contributed by atoms with Gasteiger partial charge in [0.25, 0.3) is 0 Å². The zero-order valence-corrected chi connectivity index (χ0v) is 7.14. The number of nitrogens with two attached hydrogens (primary N) is 2. The van der Waals surface area contributed by atoms with Gasteiger partial charge in [-0.2, -0.15) is 0 Å². The van der Waals surface area contributed by atoms with Crippen LogP contribution >= 0.6 is 0 Å². The number of aliphatic carboxylic acids is 1. The van der Waals surface area contributed by atoms with Crippen LogP contribution in [-0.2, 0) is 9.59 Å². The van der Waals surface area contributed by atoms with Gasteiger partial charge in [0.05, 0.1) is 6.04 Å². The van der Waals surface area contributed by atoms with Gasteiger partial charge in [0, 0.05) is 13.1 Å². The number of carbonyl (C=O) groups excluding carboxylic acids is 1. The normalized spacial score (nSPS) is 24.9. The van der Waals surface area contributed by atoms with Crippen LogP contribution in [0.25, 0.3) is 0 Å². The van der Waals surface area contributed by atoms with Crippen molar-refractivity contribution >= 4 is 11.9 Å². The van der Waals surface area contributed by atoms with Crippen molar-refractivity contribution in [1.82, 2.24) is 4.90 Å². The molecule has 1 aliphatic heterocycles. The molecule has 13 heavy (non-hydrogen) atoms. The third-order valence-electron chi connectivity index (χ3n) is 2.07. The Morgan fingerprint density at radius 3 is 2.77 bits per heavy atom. The van der Waals surface area contributed by atoms with Crippen LogP contribution in [0.1, 0.15) is 6.42 Å². The molecule has 1 unspecified atom stereocenters. The fraction of sp³-hybridized carbons (Fsp3) is 0.714. The summed E-state index contributed by atoms with van der Waals surface area (Å²) < 4.78 is 0. The van der Waals surface area contributed by atoms with E-state index in [-0.39, 0.29) is 12.5 Å². The van der Waals surface area contributed by atoms with E-state index < -0.39 is 18.1 Å². The van der Waals surface area contributed by atoms with Crippen molar-refractivity contribution in [2.24, 2.45) is 11.5 Å². The molecule has 2 atom stereocenters. The minimum Gasteiger partial charge on any atom is -0.480 e. The second-order valence-corrected chi connectivity index (χ2v) is 3.12. The van der Waals surface area contributed by atoms with Crippen LogP contribution in [0, 0.1) is 0 Å². The highest BCUT2D eigenvalue weighted by molar-refractivity contribution is 5.84. The first-order chi connectivity index (χ1) is 6.02. The number of likely N-dealkylation sites (tertiary alicyclic amines) is 1. The Kier molecular flexibility index (Phi) is 2.84. The summed E-state index contributed by atoms with van der Waals surface area (Å²) in [5.41, 5.74) is 10.7. The molecule has 0 aromatic carbocycles. The zero-order chi connectivity index (χ0) is 10.0. The minimum absolute atomic E-state index is 0.0435.